The van der Waals surface area contributed by atoms with Crippen LogP contribution in [0.3, 0.4) is 0 Å². The van der Waals surface area contributed by atoms with Gasteiger partial charge in [-0.1, -0.05) is 38.8 Å². The first-order valence-corrected chi connectivity index (χ1v) is 11.3. The van der Waals surface area contributed by atoms with Gasteiger partial charge >= 0.3 is 0 Å². The number of benzene rings is 1. The van der Waals surface area contributed by atoms with E-state index in [-0.39, 0.29) is 6.04 Å². The molecule has 5 heteroatoms. The fourth-order valence-corrected chi connectivity index (χ4v) is 6.21. The van der Waals surface area contributed by atoms with E-state index in [1.807, 2.05) is 12.1 Å². The van der Waals surface area contributed by atoms with Crippen molar-refractivity contribution in [1.29, 1.82) is 0 Å². The Morgan fingerprint density at radius 2 is 1.76 bits per heavy atom. The van der Waals surface area contributed by atoms with Crippen LogP contribution in [-0.4, -0.2) is 19.3 Å². The van der Waals surface area contributed by atoms with Crippen LogP contribution in [0.25, 0.3) is 0 Å². The van der Waals surface area contributed by atoms with Gasteiger partial charge in [0.2, 0.25) is 10.0 Å². The Morgan fingerprint density at radius 1 is 1.04 bits per heavy atom. The summed E-state index contributed by atoms with van der Waals surface area (Å²) >= 11 is 1.72. The predicted octanol–water partition coefficient (Wildman–Crippen LogP) is 5.49. The lowest BCUT2D eigenvalue weighted by molar-refractivity contribution is 0.333. The molecule has 136 valence electrons. The molecule has 25 heavy (non-hydrogen) atoms. The van der Waals surface area contributed by atoms with Crippen molar-refractivity contribution in [3.63, 3.8) is 0 Å². The van der Waals surface area contributed by atoms with E-state index in [9.17, 15) is 8.42 Å². The quantitative estimate of drug-likeness (QED) is 0.707. The SMILES string of the molecule is Cc1ccc([C@@H]2CCCCCN2S(=O)(=O)c2ccc(C(C)C)cc2)s1. The molecule has 1 aromatic carbocycles. The first kappa shape index (κ1) is 18.6. The molecule has 1 aliphatic rings. The molecule has 0 radical (unpaired) electrons. The van der Waals surface area contributed by atoms with Crippen molar-refractivity contribution in [3.8, 4) is 0 Å². The van der Waals surface area contributed by atoms with Crippen LogP contribution in [0.4, 0.5) is 0 Å². The van der Waals surface area contributed by atoms with Gasteiger partial charge in [0, 0.05) is 16.3 Å². The molecule has 0 N–H and O–H groups in total. The summed E-state index contributed by atoms with van der Waals surface area (Å²) in [4.78, 5) is 2.82. The summed E-state index contributed by atoms with van der Waals surface area (Å²) < 4.78 is 28.4. The molecule has 0 bridgehead atoms. The highest BCUT2D eigenvalue weighted by molar-refractivity contribution is 7.89. The molecule has 1 saturated heterocycles. The molecule has 1 aliphatic heterocycles. The van der Waals surface area contributed by atoms with Gasteiger partial charge in [-0.2, -0.15) is 4.31 Å². The maximum atomic E-state index is 13.3. The van der Waals surface area contributed by atoms with Gasteiger partial charge in [-0.05, 0) is 55.5 Å². The van der Waals surface area contributed by atoms with Crippen LogP contribution in [0.5, 0.6) is 0 Å². The van der Waals surface area contributed by atoms with Crippen molar-refractivity contribution in [1.82, 2.24) is 4.31 Å². The van der Waals surface area contributed by atoms with E-state index in [1.54, 1.807) is 27.8 Å². The average molecular weight is 378 g/mol. The highest BCUT2D eigenvalue weighted by Crippen LogP contribution is 2.37. The zero-order valence-corrected chi connectivity index (χ0v) is 16.9. The van der Waals surface area contributed by atoms with Crippen LogP contribution in [0, 0.1) is 6.92 Å². The van der Waals surface area contributed by atoms with Crippen molar-refractivity contribution in [2.45, 2.75) is 63.3 Å². The normalized spacial score (nSPS) is 19.9. The zero-order chi connectivity index (χ0) is 18.0. The molecule has 2 heterocycles. The molecule has 0 unspecified atom stereocenters. The van der Waals surface area contributed by atoms with Gasteiger partial charge in [0.05, 0.1) is 10.9 Å². The minimum absolute atomic E-state index is 0.0315. The van der Waals surface area contributed by atoms with Crippen LogP contribution in [0.15, 0.2) is 41.3 Å². The maximum Gasteiger partial charge on any atom is 0.243 e. The van der Waals surface area contributed by atoms with Crippen LogP contribution in [0.2, 0.25) is 0 Å². The van der Waals surface area contributed by atoms with Gasteiger partial charge in [-0.25, -0.2) is 8.42 Å². The third-order valence-corrected chi connectivity index (χ3v) is 7.97. The number of hydrogen-bond acceptors (Lipinski definition) is 3. The van der Waals surface area contributed by atoms with Crippen molar-refractivity contribution >= 4 is 21.4 Å². The number of sulfonamides is 1. The Balaban J connectivity index is 1.96. The summed E-state index contributed by atoms with van der Waals surface area (Å²) in [6, 6.07) is 11.6. The second-order valence-corrected chi connectivity index (χ2v) is 10.4. The molecule has 1 fully saturated rings. The molecule has 0 saturated carbocycles. The number of hydrogen-bond donors (Lipinski definition) is 0. The minimum Gasteiger partial charge on any atom is -0.207 e. The molecule has 3 nitrogen and oxygen atoms in total. The Bertz CT molecular complexity index is 806. The van der Waals surface area contributed by atoms with Crippen LogP contribution in [0.1, 0.15) is 66.8 Å². The van der Waals surface area contributed by atoms with E-state index in [2.05, 4.69) is 32.9 Å². The van der Waals surface area contributed by atoms with Gasteiger partial charge < -0.3 is 0 Å². The predicted molar refractivity (Wildman–Crippen MR) is 105 cm³/mol. The Labute approximate surface area is 155 Å². The number of thiophene rings is 1. The third kappa shape index (κ3) is 3.99. The van der Waals surface area contributed by atoms with Gasteiger partial charge in [0.25, 0.3) is 0 Å². The lowest BCUT2D eigenvalue weighted by atomic mass is 10.0. The molecule has 1 aromatic heterocycles. The highest BCUT2D eigenvalue weighted by atomic mass is 32.2. The molecule has 1 atom stereocenters. The molecule has 2 aromatic rings. The van der Waals surface area contributed by atoms with E-state index in [1.165, 1.54) is 15.3 Å². The topological polar surface area (TPSA) is 37.4 Å². The fraction of sp³-hybridized carbons (Fsp3) is 0.500. The third-order valence-electron chi connectivity index (χ3n) is 4.95. The van der Waals surface area contributed by atoms with Crippen LogP contribution >= 0.6 is 11.3 Å². The minimum atomic E-state index is -3.48. The van der Waals surface area contributed by atoms with E-state index < -0.39 is 10.0 Å². The average Bonchev–Trinajstić information content (AvgIpc) is 2.86. The van der Waals surface area contributed by atoms with Gasteiger partial charge in [0.1, 0.15) is 0 Å². The standard InChI is InChI=1S/C20H27NO2S2/c1-15(2)17-9-11-18(12-10-17)25(22,23)21-14-6-4-5-7-19(21)20-13-8-16(3)24-20/h8-13,15,19H,4-7,14H2,1-3H3/t19-/m0/s1. The van der Waals surface area contributed by atoms with Crippen molar-refractivity contribution < 1.29 is 8.42 Å². The smallest absolute Gasteiger partial charge is 0.207 e. The maximum absolute atomic E-state index is 13.3. The van der Waals surface area contributed by atoms with Gasteiger partial charge in [-0.3, -0.25) is 0 Å². The van der Waals surface area contributed by atoms with Crippen molar-refractivity contribution in [3.05, 3.63) is 51.7 Å². The zero-order valence-electron chi connectivity index (χ0n) is 15.2. The summed E-state index contributed by atoms with van der Waals surface area (Å²) in [6.45, 7) is 6.92. The first-order valence-electron chi connectivity index (χ1n) is 9.08. The van der Waals surface area contributed by atoms with E-state index in [0.29, 0.717) is 17.4 Å². The van der Waals surface area contributed by atoms with Crippen LogP contribution in [-0.2, 0) is 10.0 Å². The van der Waals surface area contributed by atoms with Crippen LogP contribution < -0.4 is 0 Å². The summed E-state index contributed by atoms with van der Waals surface area (Å²) in [5.74, 6) is 0.400. The fourth-order valence-electron chi connectivity index (χ4n) is 3.45. The van der Waals surface area contributed by atoms with Crippen molar-refractivity contribution in [2.75, 3.05) is 6.54 Å². The molecule has 0 aliphatic carbocycles. The summed E-state index contributed by atoms with van der Waals surface area (Å²) in [7, 11) is -3.48. The lowest BCUT2D eigenvalue weighted by Crippen LogP contribution is -2.34. The Hall–Kier alpha value is -1.17. The molecule has 3 rings (SSSR count). The summed E-state index contributed by atoms with van der Waals surface area (Å²) in [6.07, 6.45) is 4.02. The van der Waals surface area contributed by atoms with Gasteiger partial charge in [-0.15, -0.1) is 11.3 Å². The lowest BCUT2D eigenvalue weighted by Gasteiger charge is -2.28. The monoisotopic (exact) mass is 377 g/mol. The van der Waals surface area contributed by atoms with E-state index in [0.717, 1.165) is 25.7 Å². The molecule has 0 amide bonds. The second kappa shape index (κ2) is 7.60. The number of aryl methyl sites for hydroxylation is 1. The molecule has 0 spiro atoms. The first-order chi connectivity index (χ1) is 11.9. The Morgan fingerprint density at radius 3 is 2.36 bits per heavy atom. The molecular weight excluding hydrogens is 350 g/mol. The number of nitrogens with zero attached hydrogens (tertiary/aromatic N) is 1. The van der Waals surface area contributed by atoms with Gasteiger partial charge in [0.15, 0.2) is 0 Å². The van der Waals surface area contributed by atoms with E-state index >= 15 is 0 Å². The molecular formula is C20H27NO2S2. The summed E-state index contributed by atoms with van der Waals surface area (Å²) in [5.41, 5.74) is 1.17. The number of rotatable bonds is 4. The highest BCUT2D eigenvalue weighted by Gasteiger charge is 2.34. The Kier molecular flexibility index (Phi) is 5.66. The summed E-state index contributed by atoms with van der Waals surface area (Å²) in [5, 5.41) is 0. The van der Waals surface area contributed by atoms with E-state index in [4.69, 9.17) is 0 Å². The largest absolute Gasteiger partial charge is 0.243 e. The second-order valence-electron chi connectivity index (χ2n) is 7.15. The van der Waals surface area contributed by atoms with Crippen molar-refractivity contribution in [2.24, 2.45) is 0 Å².